The summed E-state index contributed by atoms with van der Waals surface area (Å²) in [7, 11) is 0. The Morgan fingerprint density at radius 2 is 2.29 bits per heavy atom. The van der Waals surface area contributed by atoms with Crippen molar-refractivity contribution in [2.24, 2.45) is 0 Å². The number of hydrogen-bond acceptors (Lipinski definition) is 3. The molecule has 0 radical (unpaired) electrons. The Morgan fingerprint density at radius 3 is 2.88 bits per heavy atom. The van der Waals surface area contributed by atoms with Crippen LogP contribution in [0.4, 0.5) is 4.39 Å². The molecule has 0 aliphatic rings. The second-order valence-electron chi connectivity index (χ2n) is 3.58. The second kappa shape index (κ2) is 4.94. The van der Waals surface area contributed by atoms with Crippen LogP contribution in [-0.4, -0.2) is 10.8 Å². The molecular weight excluding hydrogens is 261 g/mol. The molecule has 0 saturated heterocycles. The zero-order chi connectivity index (χ0) is 12.4. The molecule has 0 atom stereocenters. The average Bonchev–Trinajstić information content (AvgIpc) is 2.69. The Kier molecular flexibility index (Phi) is 3.54. The minimum Gasteiger partial charge on any atom is -0.293 e. The molecule has 0 bridgehead atoms. The van der Waals surface area contributed by atoms with Crippen molar-refractivity contribution in [3.63, 3.8) is 0 Å². The third-order valence-electron chi connectivity index (χ3n) is 2.26. The van der Waals surface area contributed by atoms with Crippen molar-refractivity contribution < 1.29 is 9.18 Å². The number of aryl methyl sites for hydroxylation is 1. The fourth-order valence-corrected chi connectivity index (χ4v) is 2.36. The number of rotatable bonds is 3. The quantitative estimate of drug-likeness (QED) is 0.796. The minimum absolute atomic E-state index is 0.0518. The summed E-state index contributed by atoms with van der Waals surface area (Å²) in [6.45, 7) is 1.84. The highest BCUT2D eigenvalue weighted by Gasteiger charge is 2.12. The van der Waals surface area contributed by atoms with Gasteiger partial charge < -0.3 is 0 Å². The molecule has 2 rings (SSSR count). The summed E-state index contributed by atoms with van der Waals surface area (Å²) in [5, 5.41) is 1.12. The van der Waals surface area contributed by atoms with E-state index in [-0.39, 0.29) is 17.2 Å². The lowest BCUT2D eigenvalue weighted by molar-refractivity contribution is 0.0996. The predicted molar refractivity (Wildman–Crippen MR) is 66.3 cm³/mol. The van der Waals surface area contributed by atoms with E-state index in [1.54, 1.807) is 6.20 Å². The zero-order valence-corrected chi connectivity index (χ0v) is 10.6. The van der Waals surface area contributed by atoms with E-state index >= 15 is 0 Å². The number of hydrogen-bond donors (Lipinski definition) is 0. The first-order chi connectivity index (χ1) is 8.06. The molecule has 1 heterocycles. The van der Waals surface area contributed by atoms with Crippen LogP contribution in [0.3, 0.4) is 0 Å². The van der Waals surface area contributed by atoms with Crippen molar-refractivity contribution in [3.8, 4) is 0 Å². The first kappa shape index (κ1) is 12.2. The lowest BCUT2D eigenvalue weighted by Crippen LogP contribution is -2.02. The molecule has 2 aromatic rings. The van der Waals surface area contributed by atoms with Crippen LogP contribution in [0.1, 0.15) is 20.2 Å². The first-order valence-corrected chi connectivity index (χ1v) is 6.15. The number of thiazole rings is 1. The van der Waals surface area contributed by atoms with Gasteiger partial charge in [-0.1, -0.05) is 17.7 Å². The molecular formula is C12H9ClFNOS. The number of carbonyl (C=O) groups is 1. The molecule has 0 fully saturated rings. The van der Waals surface area contributed by atoms with Crippen LogP contribution in [-0.2, 0) is 6.42 Å². The number of carbonyl (C=O) groups excluding carboxylic acids is 1. The van der Waals surface area contributed by atoms with Crippen molar-refractivity contribution in [1.29, 1.82) is 0 Å². The van der Waals surface area contributed by atoms with Gasteiger partial charge in [0.25, 0.3) is 0 Å². The van der Waals surface area contributed by atoms with Crippen LogP contribution in [0, 0.1) is 12.7 Å². The smallest absolute Gasteiger partial charge is 0.178 e. The van der Waals surface area contributed by atoms with Gasteiger partial charge in [0.15, 0.2) is 5.78 Å². The van der Waals surface area contributed by atoms with Gasteiger partial charge in [-0.05, 0) is 24.6 Å². The van der Waals surface area contributed by atoms with Crippen molar-refractivity contribution in [1.82, 2.24) is 4.98 Å². The number of Topliss-reactive ketones (excluding diaryl/α,β-unsaturated/α-hetero) is 1. The Bertz CT molecular complexity index is 567. The predicted octanol–water partition coefficient (Wildman–Crippen LogP) is 3.67. The maximum Gasteiger partial charge on any atom is 0.178 e. The van der Waals surface area contributed by atoms with Crippen molar-refractivity contribution in [2.45, 2.75) is 13.3 Å². The van der Waals surface area contributed by atoms with Gasteiger partial charge in [-0.2, -0.15) is 0 Å². The van der Waals surface area contributed by atoms with E-state index in [1.165, 1.54) is 29.5 Å². The fourth-order valence-electron chi connectivity index (χ4n) is 1.42. The van der Waals surface area contributed by atoms with Crippen LogP contribution in [0.15, 0.2) is 24.4 Å². The normalized spacial score (nSPS) is 10.5. The highest BCUT2D eigenvalue weighted by Crippen LogP contribution is 2.21. The molecule has 17 heavy (non-hydrogen) atoms. The summed E-state index contributed by atoms with van der Waals surface area (Å²) in [6, 6.07) is 4.04. The summed E-state index contributed by atoms with van der Waals surface area (Å²) in [4.78, 5) is 16.5. The van der Waals surface area contributed by atoms with Gasteiger partial charge in [0.2, 0.25) is 0 Å². The zero-order valence-electron chi connectivity index (χ0n) is 9.04. The van der Waals surface area contributed by atoms with E-state index in [0.717, 1.165) is 5.01 Å². The topological polar surface area (TPSA) is 30.0 Å². The third-order valence-corrected chi connectivity index (χ3v) is 3.57. The average molecular weight is 270 g/mol. The molecule has 0 aliphatic carbocycles. The summed E-state index contributed by atoms with van der Waals surface area (Å²) in [5.41, 5.74) is 0.629. The highest BCUT2D eigenvalue weighted by atomic mass is 35.5. The van der Waals surface area contributed by atoms with E-state index in [0.29, 0.717) is 10.4 Å². The monoisotopic (exact) mass is 269 g/mol. The summed E-state index contributed by atoms with van der Waals surface area (Å²) >= 11 is 7.21. The van der Waals surface area contributed by atoms with Crippen molar-refractivity contribution >= 4 is 28.7 Å². The SMILES string of the molecule is Cc1ncc(C(=O)Cc2ccc(F)cc2Cl)s1. The van der Waals surface area contributed by atoms with Crippen LogP contribution in [0.2, 0.25) is 5.02 Å². The molecule has 0 spiro atoms. The van der Waals surface area contributed by atoms with Crippen molar-refractivity contribution in [2.75, 3.05) is 0 Å². The Hall–Kier alpha value is -1.26. The molecule has 0 amide bonds. The van der Waals surface area contributed by atoms with E-state index in [1.807, 2.05) is 6.92 Å². The van der Waals surface area contributed by atoms with Gasteiger partial charge in [0.05, 0.1) is 9.88 Å². The fraction of sp³-hybridized carbons (Fsp3) is 0.167. The van der Waals surface area contributed by atoms with Gasteiger partial charge in [-0.3, -0.25) is 4.79 Å². The molecule has 88 valence electrons. The van der Waals surface area contributed by atoms with Crippen LogP contribution >= 0.6 is 22.9 Å². The Balaban J connectivity index is 2.18. The molecule has 1 aromatic carbocycles. The first-order valence-electron chi connectivity index (χ1n) is 4.96. The molecule has 0 aliphatic heterocycles. The van der Waals surface area contributed by atoms with Gasteiger partial charge in [-0.25, -0.2) is 9.37 Å². The lowest BCUT2D eigenvalue weighted by atomic mass is 10.1. The maximum atomic E-state index is 12.8. The van der Waals surface area contributed by atoms with Gasteiger partial charge in [0.1, 0.15) is 5.82 Å². The Morgan fingerprint density at radius 1 is 1.53 bits per heavy atom. The molecule has 5 heteroatoms. The van der Waals surface area contributed by atoms with E-state index in [4.69, 9.17) is 11.6 Å². The van der Waals surface area contributed by atoms with Crippen LogP contribution in [0.25, 0.3) is 0 Å². The summed E-state index contributed by atoms with van der Waals surface area (Å²) < 4.78 is 12.8. The third kappa shape index (κ3) is 2.90. The standard InChI is InChI=1S/C12H9ClFNOS/c1-7-15-6-12(17-7)11(16)4-8-2-3-9(14)5-10(8)13/h2-3,5-6H,4H2,1H3. The minimum atomic E-state index is -0.403. The van der Waals surface area contributed by atoms with Gasteiger partial charge in [0, 0.05) is 17.6 Å². The summed E-state index contributed by atoms with van der Waals surface area (Å²) in [6.07, 6.45) is 1.72. The Labute approximate surface area is 107 Å². The largest absolute Gasteiger partial charge is 0.293 e. The van der Waals surface area contributed by atoms with E-state index < -0.39 is 5.82 Å². The van der Waals surface area contributed by atoms with Crippen LogP contribution in [0.5, 0.6) is 0 Å². The number of halogens is 2. The van der Waals surface area contributed by atoms with E-state index in [2.05, 4.69) is 4.98 Å². The second-order valence-corrected chi connectivity index (χ2v) is 5.22. The van der Waals surface area contributed by atoms with Crippen molar-refractivity contribution in [3.05, 3.63) is 50.7 Å². The molecule has 1 aromatic heterocycles. The number of ketones is 1. The van der Waals surface area contributed by atoms with Gasteiger partial charge >= 0.3 is 0 Å². The molecule has 0 saturated carbocycles. The van der Waals surface area contributed by atoms with Gasteiger partial charge in [-0.15, -0.1) is 11.3 Å². The molecule has 2 nitrogen and oxygen atoms in total. The number of nitrogens with zero attached hydrogens (tertiary/aromatic N) is 1. The number of benzene rings is 1. The van der Waals surface area contributed by atoms with E-state index in [9.17, 15) is 9.18 Å². The molecule has 0 unspecified atom stereocenters. The maximum absolute atomic E-state index is 12.8. The highest BCUT2D eigenvalue weighted by molar-refractivity contribution is 7.13. The lowest BCUT2D eigenvalue weighted by Gasteiger charge is -2.02. The number of aromatic nitrogens is 1. The van der Waals surface area contributed by atoms with Crippen LogP contribution < -0.4 is 0 Å². The molecule has 0 N–H and O–H groups in total. The summed E-state index contributed by atoms with van der Waals surface area (Å²) in [5.74, 6) is -0.455.